The van der Waals surface area contributed by atoms with Crippen LogP contribution in [-0.4, -0.2) is 38.1 Å². The first-order chi connectivity index (χ1) is 14.5. The van der Waals surface area contributed by atoms with E-state index in [1.807, 2.05) is 31.2 Å². The van der Waals surface area contributed by atoms with Gasteiger partial charge in [-0.3, -0.25) is 19.2 Å². The van der Waals surface area contributed by atoms with Crippen LogP contribution in [0.1, 0.15) is 36.5 Å². The molecular formula is C22H29N3O5S. The Morgan fingerprint density at radius 2 is 1.81 bits per heavy atom. The number of nitrogens with one attached hydrogen (secondary N) is 1. The van der Waals surface area contributed by atoms with Crippen molar-refractivity contribution >= 4 is 27.3 Å². The number of anilines is 1. The molecule has 0 aliphatic rings. The van der Waals surface area contributed by atoms with Gasteiger partial charge in [0.15, 0.2) is 0 Å². The van der Waals surface area contributed by atoms with Gasteiger partial charge in [-0.1, -0.05) is 42.8 Å². The zero-order valence-corrected chi connectivity index (χ0v) is 19.1. The normalized spacial score (nSPS) is 12.3. The summed E-state index contributed by atoms with van der Waals surface area (Å²) in [5.74, 6) is -0.428. The molecule has 168 valence electrons. The maximum atomic E-state index is 12.9. The number of sulfonamides is 1. The molecule has 0 fully saturated rings. The van der Waals surface area contributed by atoms with Gasteiger partial charge in [-0.05, 0) is 44.2 Å². The maximum Gasteiger partial charge on any atom is 0.271 e. The predicted molar refractivity (Wildman–Crippen MR) is 122 cm³/mol. The number of amides is 1. The fraction of sp³-hybridized carbons (Fsp3) is 0.409. The van der Waals surface area contributed by atoms with Crippen LogP contribution in [0.5, 0.6) is 0 Å². The zero-order valence-electron chi connectivity index (χ0n) is 18.3. The molecule has 1 amide bonds. The number of nitro benzene ring substituents is 1. The van der Waals surface area contributed by atoms with Gasteiger partial charge >= 0.3 is 0 Å². The standard InChI is InChI=1S/C22H29N3O5S/c1-5-20(22(26)23-14-6-7-18-11-8-16(2)9-12-18)24(31(4,29)30)21-15-19(25(27)28)13-10-17(21)3/h8-13,15,20H,5-7,14H2,1-4H3,(H,23,26)/t20-/m0/s1. The SMILES string of the molecule is CC[C@@H](C(=O)NCCCc1ccc(C)cc1)N(c1cc([N+](=O)[O-])ccc1C)S(C)(=O)=O. The van der Waals surface area contributed by atoms with Crippen molar-refractivity contribution in [1.82, 2.24) is 5.32 Å². The van der Waals surface area contributed by atoms with Gasteiger partial charge in [-0.15, -0.1) is 0 Å². The van der Waals surface area contributed by atoms with Gasteiger partial charge in [0.1, 0.15) is 6.04 Å². The van der Waals surface area contributed by atoms with Crippen molar-refractivity contribution in [2.45, 2.75) is 46.1 Å². The summed E-state index contributed by atoms with van der Waals surface area (Å²) in [6.07, 6.45) is 2.72. The largest absolute Gasteiger partial charge is 0.354 e. The molecule has 9 heteroatoms. The van der Waals surface area contributed by atoms with Gasteiger partial charge in [-0.2, -0.15) is 0 Å². The third-order valence-corrected chi connectivity index (χ3v) is 6.20. The summed E-state index contributed by atoms with van der Waals surface area (Å²) in [6, 6.07) is 11.1. The number of carbonyl (C=O) groups is 1. The number of nitro groups is 1. The number of carbonyl (C=O) groups excluding carboxylic acids is 1. The minimum absolute atomic E-state index is 0.137. The van der Waals surface area contributed by atoms with Gasteiger partial charge in [0, 0.05) is 18.7 Å². The predicted octanol–water partition coefficient (Wildman–Crippen LogP) is 3.51. The van der Waals surface area contributed by atoms with Gasteiger partial charge in [0.2, 0.25) is 15.9 Å². The second kappa shape index (κ2) is 10.4. The lowest BCUT2D eigenvalue weighted by molar-refractivity contribution is -0.384. The van der Waals surface area contributed by atoms with E-state index in [9.17, 15) is 23.3 Å². The Balaban J connectivity index is 2.17. The molecule has 0 aliphatic carbocycles. The van der Waals surface area contributed by atoms with Crippen LogP contribution in [0.3, 0.4) is 0 Å². The molecule has 1 atom stereocenters. The topological polar surface area (TPSA) is 110 Å². The smallest absolute Gasteiger partial charge is 0.271 e. The molecule has 0 radical (unpaired) electrons. The first kappa shape index (κ1) is 24.3. The maximum absolute atomic E-state index is 12.9. The van der Waals surface area contributed by atoms with Crippen LogP contribution < -0.4 is 9.62 Å². The van der Waals surface area contributed by atoms with E-state index in [4.69, 9.17) is 0 Å². The lowest BCUT2D eigenvalue weighted by Crippen LogP contribution is -2.49. The molecule has 2 aromatic rings. The van der Waals surface area contributed by atoms with Gasteiger partial charge in [0.05, 0.1) is 16.9 Å². The number of aryl methyl sites for hydroxylation is 3. The number of benzene rings is 2. The summed E-state index contributed by atoms with van der Waals surface area (Å²) in [5.41, 5.74) is 2.78. The third-order valence-electron chi connectivity index (χ3n) is 5.03. The highest BCUT2D eigenvalue weighted by atomic mass is 32.2. The molecule has 0 saturated carbocycles. The van der Waals surface area contributed by atoms with Gasteiger partial charge < -0.3 is 5.32 Å². The van der Waals surface area contributed by atoms with E-state index in [1.165, 1.54) is 23.8 Å². The fourth-order valence-corrected chi connectivity index (χ4v) is 4.62. The molecule has 0 aromatic heterocycles. The highest BCUT2D eigenvalue weighted by molar-refractivity contribution is 7.92. The quantitative estimate of drug-likeness (QED) is 0.340. The molecule has 0 heterocycles. The molecule has 31 heavy (non-hydrogen) atoms. The summed E-state index contributed by atoms with van der Waals surface area (Å²) < 4.78 is 26.2. The van der Waals surface area contributed by atoms with E-state index in [0.29, 0.717) is 18.5 Å². The van der Waals surface area contributed by atoms with Crippen molar-refractivity contribution < 1.29 is 18.1 Å². The fourth-order valence-electron chi connectivity index (χ4n) is 3.36. The highest BCUT2D eigenvalue weighted by Gasteiger charge is 2.33. The molecule has 2 rings (SSSR count). The number of hydrogen-bond acceptors (Lipinski definition) is 5. The van der Waals surface area contributed by atoms with E-state index in [1.54, 1.807) is 13.8 Å². The van der Waals surface area contributed by atoms with E-state index in [0.717, 1.165) is 22.5 Å². The van der Waals surface area contributed by atoms with Gasteiger partial charge in [0.25, 0.3) is 5.69 Å². The molecule has 0 unspecified atom stereocenters. The lowest BCUT2D eigenvalue weighted by atomic mass is 10.1. The van der Waals surface area contributed by atoms with E-state index in [2.05, 4.69) is 5.32 Å². The van der Waals surface area contributed by atoms with Crippen LogP contribution in [0, 0.1) is 24.0 Å². The molecule has 2 aromatic carbocycles. The Kier molecular flexibility index (Phi) is 8.15. The summed E-state index contributed by atoms with van der Waals surface area (Å²) in [7, 11) is -3.87. The number of nitrogens with zero attached hydrogens (tertiary/aromatic N) is 2. The average Bonchev–Trinajstić information content (AvgIpc) is 2.70. The monoisotopic (exact) mass is 447 g/mol. The second-order valence-electron chi connectivity index (χ2n) is 7.59. The van der Waals surface area contributed by atoms with Crippen LogP contribution in [0.15, 0.2) is 42.5 Å². The van der Waals surface area contributed by atoms with E-state index >= 15 is 0 Å². The zero-order chi connectivity index (χ0) is 23.2. The molecular weight excluding hydrogens is 418 g/mol. The Hall–Kier alpha value is -2.94. The van der Waals surface area contributed by atoms with Crippen molar-refractivity contribution in [2.24, 2.45) is 0 Å². The summed E-state index contributed by atoms with van der Waals surface area (Å²) in [6.45, 7) is 5.78. The van der Waals surface area contributed by atoms with Crippen LogP contribution in [0.25, 0.3) is 0 Å². The molecule has 0 bridgehead atoms. The van der Waals surface area contributed by atoms with E-state index in [-0.39, 0.29) is 17.8 Å². The van der Waals surface area contributed by atoms with Crippen molar-refractivity contribution in [3.05, 3.63) is 69.3 Å². The molecule has 0 aliphatic heterocycles. The Morgan fingerprint density at radius 3 is 2.35 bits per heavy atom. The second-order valence-corrected chi connectivity index (χ2v) is 9.45. The van der Waals surface area contributed by atoms with Crippen LogP contribution in [-0.2, 0) is 21.2 Å². The molecule has 1 N–H and O–H groups in total. The van der Waals surface area contributed by atoms with Crippen LogP contribution in [0.2, 0.25) is 0 Å². The first-order valence-corrected chi connectivity index (χ1v) is 12.0. The minimum Gasteiger partial charge on any atom is -0.354 e. The molecule has 0 spiro atoms. The summed E-state index contributed by atoms with van der Waals surface area (Å²) in [5, 5.41) is 14.0. The van der Waals surface area contributed by atoms with Crippen molar-refractivity contribution in [3.8, 4) is 0 Å². The Bertz CT molecular complexity index is 1040. The van der Waals surface area contributed by atoms with Crippen molar-refractivity contribution in [3.63, 3.8) is 0 Å². The number of hydrogen-bond donors (Lipinski definition) is 1. The van der Waals surface area contributed by atoms with Crippen molar-refractivity contribution in [2.75, 3.05) is 17.1 Å². The Morgan fingerprint density at radius 1 is 1.16 bits per heavy atom. The summed E-state index contributed by atoms with van der Waals surface area (Å²) >= 11 is 0. The van der Waals surface area contributed by atoms with Crippen LogP contribution in [0.4, 0.5) is 11.4 Å². The highest BCUT2D eigenvalue weighted by Crippen LogP contribution is 2.30. The minimum atomic E-state index is -3.87. The Labute approximate surface area is 183 Å². The van der Waals surface area contributed by atoms with E-state index < -0.39 is 26.9 Å². The lowest BCUT2D eigenvalue weighted by Gasteiger charge is -2.31. The third kappa shape index (κ3) is 6.52. The van der Waals surface area contributed by atoms with Crippen molar-refractivity contribution in [1.29, 1.82) is 0 Å². The molecule has 8 nitrogen and oxygen atoms in total. The number of non-ortho nitro benzene ring substituents is 1. The van der Waals surface area contributed by atoms with Gasteiger partial charge in [-0.25, -0.2) is 8.42 Å². The molecule has 0 saturated heterocycles. The van der Waals surface area contributed by atoms with Crippen LogP contribution >= 0.6 is 0 Å². The first-order valence-electron chi connectivity index (χ1n) is 10.1. The number of rotatable bonds is 10. The summed E-state index contributed by atoms with van der Waals surface area (Å²) in [4.78, 5) is 23.5. The average molecular weight is 448 g/mol.